The van der Waals surface area contributed by atoms with Crippen molar-refractivity contribution in [1.29, 1.82) is 0 Å². The molecule has 2 fully saturated rings. The topological polar surface area (TPSA) is 35.5 Å². The third-order valence-electron chi connectivity index (χ3n) is 5.45. The zero-order valence-corrected chi connectivity index (χ0v) is 15.6. The van der Waals surface area contributed by atoms with Crippen molar-refractivity contribution < 1.29 is 14.3 Å². The summed E-state index contributed by atoms with van der Waals surface area (Å²) in [6.45, 7) is 3.76. The van der Waals surface area contributed by atoms with Crippen LogP contribution in [0.25, 0.3) is 0 Å². The Balaban J connectivity index is 1.56. The minimum Gasteiger partial charge on any atom is -0.377 e. The maximum absolute atomic E-state index is 12.9. The molecule has 1 spiro atoms. The minimum absolute atomic E-state index is 0.0781. The summed E-state index contributed by atoms with van der Waals surface area (Å²) in [6.07, 6.45) is 11.3. The Kier molecular flexibility index (Phi) is 5.61. The molecule has 22 heavy (non-hydrogen) atoms. The van der Waals surface area contributed by atoms with Gasteiger partial charge in [-0.3, -0.25) is 4.79 Å². The summed E-state index contributed by atoms with van der Waals surface area (Å²) < 4.78 is 13.4. The van der Waals surface area contributed by atoms with Crippen LogP contribution in [0.3, 0.4) is 0 Å². The number of Topliss-reactive ketones (excluding diaryl/α,β-unsaturated/α-hetero) is 1. The van der Waals surface area contributed by atoms with Crippen molar-refractivity contribution in [2.45, 2.75) is 70.0 Å². The number of rotatable bonds is 7. The molecule has 2 bridgehead atoms. The van der Waals surface area contributed by atoms with E-state index in [2.05, 4.69) is 35.6 Å². The fraction of sp³-hybridized carbons (Fsp3) is 0.833. The van der Waals surface area contributed by atoms with Crippen LogP contribution in [0.1, 0.15) is 58.3 Å². The van der Waals surface area contributed by atoms with Gasteiger partial charge in [-0.05, 0) is 51.9 Å². The predicted octanol–water partition coefficient (Wildman–Crippen LogP) is 4.43. The summed E-state index contributed by atoms with van der Waals surface area (Å²) in [4.78, 5) is 12.9. The molecule has 4 atom stereocenters. The predicted molar refractivity (Wildman–Crippen MR) is 95.1 cm³/mol. The van der Waals surface area contributed by atoms with Crippen LogP contribution in [0.2, 0.25) is 0 Å². The van der Waals surface area contributed by atoms with Crippen molar-refractivity contribution in [3.63, 3.8) is 0 Å². The van der Waals surface area contributed by atoms with Gasteiger partial charge in [-0.15, -0.1) is 0 Å². The first-order chi connectivity index (χ1) is 10.7. The Hall–Kier alpha value is 0.0600. The number of unbranched alkanes of at least 4 members (excludes halogenated alkanes) is 4. The van der Waals surface area contributed by atoms with Crippen molar-refractivity contribution in [1.82, 2.24) is 0 Å². The Morgan fingerprint density at radius 2 is 2.18 bits per heavy atom. The summed E-state index contributed by atoms with van der Waals surface area (Å²) in [6, 6.07) is 0. The van der Waals surface area contributed by atoms with Crippen molar-refractivity contribution in [3.8, 4) is 0 Å². The maximum Gasteiger partial charge on any atom is 0.174 e. The van der Waals surface area contributed by atoms with E-state index in [0.29, 0.717) is 0 Å². The lowest BCUT2D eigenvalue weighted by molar-refractivity contribution is -0.165. The molecule has 1 heterocycles. The summed E-state index contributed by atoms with van der Waals surface area (Å²) in [5, 5.41) is 0. The molecular weight excluding hydrogens is 391 g/mol. The lowest BCUT2D eigenvalue weighted by Crippen LogP contribution is -2.59. The summed E-state index contributed by atoms with van der Waals surface area (Å²) in [7, 11) is 0. The van der Waals surface area contributed by atoms with Gasteiger partial charge in [0.25, 0.3) is 0 Å². The summed E-state index contributed by atoms with van der Waals surface area (Å²) in [5.74, 6) is 0.446. The maximum atomic E-state index is 12.9. The highest BCUT2D eigenvalue weighted by Gasteiger charge is 2.60. The van der Waals surface area contributed by atoms with Crippen LogP contribution in [0.5, 0.6) is 0 Å². The van der Waals surface area contributed by atoms with Crippen molar-refractivity contribution >= 4 is 28.4 Å². The van der Waals surface area contributed by atoms with E-state index in [1.54, 1.807) is 0 Å². The van der Waals surface area contributed by atoms with Crippen LogP contribution in [-0.2, 0) is 14.3 Å². The fourth-order valence-corrected chi connectivity index (χ4v) is 5.39. The van der Waals surface area contributed by atoms with Gasteiger partial charge < -0.3 is 9.47 Å². The first kappa shape index (κ1) is 16.9. The van der Waals surface area contributed by atoms with E-state index in [-0.39, 0.29) is 23.7 Å². The Bertz CT molecular complexity index is 440. The lowest BCUT2D eigenvalue weighted by Gasteiger charge is -2.49. The molecule has 1 saturated heterocycles. The molecule has 4 rings (SSSR count). The zero-order valence-electron chi connectivity index (χ0n) is 13.5. The minimum atomic E-state index is -0.503. The van der Waals surface area contributed by atoms with E-state index in [0.717, 1.165) is 38.9 Å². The molecule has 0 aromatic heterocycles. The molecular formula is C18H27IO3. The van der Waals surface area contributed by atoms with Gasteiger partial charge in [0.05, 0.1) is 12.0 Å². The molecule has 0 amide bonds. The molecule has 3 unspecified atom stereocenters. The molecule has 0 N–H and O–H groups in total. The van der Waals surface area contributed by atoms with Gasteiger partial charge in [0.2, 0.25) is 0 Å². The number of carbonyl (C=O) groups excluding carboxylic acids is 1. The molecule has 1 saturated carbocycles. The number of ketones is 1. The van der Waals surface area contributed by atoms with Gasteiger partial charge in [0.1, 0.15) is 5.60 Å². The smallest absolute Gasteiger partial charge is 0.174 e. The standard InChI is InChI=1S/C18H27IO3/c1-2-3-4-5-6-9-21-16-12-14-15(19)11-13(16)17(20)18(14)8-7-10-22-18/h11,13-14,16H,2-10,12H2,1H3/t13?,14?,16?,18-/m0/s1. The SMILES string of the molecule is CCCCCCCOC1CC2C(I)=CC1C(=O)[C@]21CCCO1. The summed E-state index contributed by atoms with van der Waals surface area (Å²) >= 11 is 2.40. The second-order valence-electron chi connectivity index (χ2n) is 6.89. The van der Waals surface area contributed by atoms with Crippen LogP contribution in [0.4, 0.5) is 0 Å². The fourth-order valence-electron chi connectivity index (χ4n) is 4.24. The highest BCUT2D eigenvalue weighted by atomic mass is 127. The van der Waals surface area contributed by atoms with Crippen LogP contribution in [0.15, 0.2) is 9.66 Å². The summed E-state index contributed by atoms with van der Waals surface area (Å²) in [5.41, 5.74) is -0.503. The first-order valence-corrected chi connectivity index (χ1v) is 9.94. The average Bonchev–Trinajstić information content (AvgIpc) is 2.99. The molecule has 0 aromatic rings. The van der Waals surface area contributed by atoms with E-state index >= 15 is 0 Å². The quantitative estimate of drug-likeness (QED) is 0.453. The number of halogens is 1. The number of carbonyl (C=O) groups is 1. The highest BCUT2D eigenvalue weighted by Crippen LogP contribution is 2.53. The van der Waals surface area contributed by atoms with E-state index in [9.17, 15) is 4.79 Å². The Labute approximate surface area is 147 Å². The second kappa shape index (κ2) is 7.31. The van der Waals surface area contributed by atoms with Crippen molar-refractivity contribution in [2.24, 2.45) is 11.8 Å². The second-order valence-corrected chi connectivity index (χ2v) is 8.14. The monoisotopic (exact) mass is 418 g/mol. The Morgan fingerprint density at radius 1 is 1.36 bits per heavy atom. The molecule has 124 valence electrons. The van der Waals surface area contributed by atoms with Crippen LogP contribution in [-0.4, -0.2) is 30.7 Å². The third kappa shape index (κ3) is 3.03. The molecule has 4 aliphatic rings. The highest BCUT2D eigenvalue weighted by molar-refractivity contribution is 14.1. The van der Waals surface area contributed by atoms with E-state index < -0.39 is 5.60 Å². The first-order valence-electron chi connectivity index (χ1n) is 8.86. The molecule has 0 radical (unpaired) electrons. The number of fused-ring (bicyclic) bond motifs is 1. The third-order valence-corrected chi connectivity index (χ3v) is 6.57. The van der Waals surface area contributed by atoms with Crippen molar-refractivity contribution in [2.75, 3.05) is 13.2 Å². The van der Waals surface area contributed by atoms with Crippen LogP contribution in [0, 0.1) is 11.8 Å². The van der Waals surface area contributed by atoms with Gasteiger partial charge in [-0.2, -0.15) is 0 Å². The van der Waals surface area contributed by atoms with E-state index in [1.807, 2.05) is 0 Å². The zero-order chi connectivity index (χ0) is 15.6. The number of hydrogen-bond donors (Lipinski definition) is 0. The van der Waals surface area contributed by atoms with Gasteiger partial charge in [0, 0.05) is 19.1 Å². The van der Waals surface area contributed by atoms with Gasteiger partial charge >= 0.3 is 0 Å². The molecule has 3 aliphatic carbocycles. The van der Waals surface area contributed by atoms with Gasteiger partial charge in [-0.1, -0.05) is 38.7 Å². The molecule has 1 aliphatic heterocycles. The van der Waals surface area contributed by atoms with E-state index in [1.165, 1.54) is 29.3 Å². The van der Waals surface area contributed by atoms with Gasteiger partial charge in [0.15, 0.2) is 5.78 Å². The normalized spacial score (nSPS) is 37.1. The number of ether oxygens (including phenoxy) is 2. The molecule has 0 aromatic carbocycles. The number of hydrogen-bond acceptors (Lipinski definition) is 3. The van der Waals surface area contributed by atoms with Crippen molar-refractivity contribution in [3.05, 3.63) is 9.66 Å². The van der Waals surface area contributed by atoms with Gasteiger partial charge in [-0.25, -0.2) is 0 Å². The van der Waals surface area contributed by atoms with Crippen LogP contribution < -0.4 is 0 Å². The average molecular weight is 418 g/mol. The molecule has 4 heteroatoms. The largest absolute Gasteiger partial charge is 0.377 e. The lowest BCUT2D eigenvalue weighted by atomic mass is 9.63. The Morgan fingerprint density at radius 3 is 2.91 bits per heavy atom. The molecule has 3 nitrogen and oxygen atoms in total. The van der Waals surface area contributed by atoms with E-state index in [4.69, 9.17) is 9.47 Å². The van der Waals surface area contributed by atoms with Crippen LogP contribution >= 0.6 is 22.6 Å².